The summed E-state index contributed by atoms with van der Waals surface area (Å²) in [5.41, 5.74) is 5.66. The number of nitrogens with one attached hydrogen (secondary N) is 1. The second-order valence-electron chi connectivity index (χ2n) is 4.52. The summed E-state index contributed by atoms with van der Waals surface area (Å²) in [6.07, 6.45) is 1.66. The van der Waals surface area contributed by atoms with E-state index < -0.39 is 0 Å². The molecule has 0 aromatic carbocycles. The van der Waals surface area contributed by atoms with Crippen LogP contribution in [0.15, 0.2) is 29.8 Å². The monoisotopic (exact) mass is 248 g/mol. The first-order chi connectivity index (χ1) is 8.08. The molecule has 5 heteroatoms. The molecule has 0 spiro atoms. The fourth-order valence-electron chi connectivity index (χ4n) is 1.51. The fourth-order valence-corrected chi connectivity index (χ4v) is 2.36. The molecule has 0 saturated carbocycles. The zero-order chi connectivity index (χ0) is 12.3. The molecular formula is C12H16N4S. The van der Waals surface area contributed by atoms with Crippen molar-refractivity contribution in [2.45, 2.75) is 19.3 Å². The molecular weight excluding hydrogens is 232 g/mol. The van der Waals surface area contributed by atoms with E-state index in [1.807, 2.05) is 0 Å². The largest absolute Gasteiger partial charge is 0.384 e. The van der Waals surface area contributed by atoms with E-state index in [-0.39, 0.29) is 5.41 Å². The number of hydrogen-bond donors (Lipinski definition) is 2. The SMILES string of the molecule is CC(C)(CNc1nccc(N)n1)c1cccs1. The standard InChI is InChI=1S/C12H16N4S/c1-12(2,9-4-3-7-17-9)8-15-11-14-6-5-10(13)16-11/h3-7H,8H2,1-2H3,(H3,13,14,15,16). The molecule has 0 radical (unpaired) electrons. The van der Waals surface area contributed by atoms with Gasteiger partial charge in [-0.15, -0.1) is 11.3 Å². The zero-order valence-electron chi connectivity index (χ0n) is 9.97. The summed E-state index contributed by atoms with van der Waals surface area (Å²) in [6, 6.07) is 5.89. The van der Waals surface area contributed by atoms with Gasteiger partial charge in [-0.3, -0.25) is 0 Å². The van der Waals surface area contributed by atoms with E-state index in [1.54, 1.807) is 23.6 Å². The Kier molecular flexibility index (Phi) is 3.28. The average molecular weight is 248 g/mol. The predicted octanol–water partition coefficient (Wildman–Crippen LogP) is 2.51. The van der Waals surface area contributed by atoms with Gasteiger partial charge in [0, 0.05) is 23.0 Å². The van der Waals surface area contributed by atoms with Gasteiger partial charge in [0.1, 0.15) is 5.82 Å². The number of hydrogen-bond acceptors (Lipinski definition) is 5. The van der Waals surface area contributed by atoms with Crippen LogP contribution in [-0.2, 0) is 5.41 Å². The van der Waals surface area contributed by atoms with Crippen LogP contribution in [0.2, 0.25) is 0 Å². The fraction of sp³-hybridized carbons (Fsp3) is 0.333. The molecule has 90 valence electrons. The minimum atomic E-state index is 0.0577. The minimum absolute atomic E-state index is 0.0577. The van der Waals surface area contributed by atoms with Gasteiger partial charge in [0.15, 0.2) is 0 Å². The molecule has 0 atom stereocenters. The van der Waals surface area contributed by atoms with Crippen LogP contribution in [0.5, 0.6) is 0 Å². The van der Waals surface area contributed by atoms with Gasteiger partial charge < -0.3 is 11.1 Å². The van der Waals surface area contributed by atoms with Crippen molar-refractivity contribution in [2.24, 2.45) is 0 Å². The first kappa shape index (κ1) is 11.9. The van der Waals surface area contributed by atoms with Gasteiger partial charge in [0.25, 0.3) is 0 Å². The predicted molar refractivity (Wildman–Crippen MR) is 72.3 cm³/mol. The maximum atomic E-state index is 5.60. The first-order valence-corrected chi connectivity index (χ1v) is 6.32. The molecule has 0 unspecified atom stereocenters. The van der Waals surface area contributed by atoms with Gasteiger partial charge in [-0.05, 0) is 17.5 Å². The number of nitrogens with two attached hydrogens (primary N) is 1. The van der Waals surface area contributed by atoms with Crippen molar-refractivity contribution >= 4 is 23.1 Å². The van der Waals surface area contributed by atoms with Gasteiger partial charge in [-0.1, -0.05) is 19.9 Å². The van der Waals surface area contributed by atoms with Crippen LogP contribution in [-0.4, -0.2) is 16.5 Å². The van der Waals surface area contributed by atoms with E-state index in [2.05, 4.69) is 46.6 Å². The maximum absolute atomic E-state index is 5.60. The Balaban J connectivity index is 2.03. The molecule has 0 bridgehead atoms. The number of nitrogens with zero attached hydrogens (tertiary/aromatic N) is 2. The molecule has 2 aromatic rings. The van der Waals surface area contributed by atoms with Crippen LogP contribution in [0, 0.1) is 0 Å². The molecule has 3 N–H and O–H groups in total. The van der Waals surface area contributed by atoms with Crippen molar-refractivity contribution in [3.63, 3.8) is 0 Å². The van der Waals surface area contributed by atoms with Crippen LogP contribution in [0.1, 0.15) is 18.7 Å². The lowest BCUT2D eigenvalue weighted by Gasteiger charge is -2.23. The second kappa shape index (κ2) is 4.71. The van der Waals surface area contributed by atoms with Gasteiger partial charge in [-0.25, -0.2) is 4.98 Å². The number of rotatable bonds is 4. The Morgan fingerprint density at radius 3 is 2.88 bits per heavy atom. The lowest BCUT2D eigenvalue weighted by atomic mass is 9.91. The van der Waals surface area contributed by atoms with Crippen LogP contribution >= 0.6 is 11.3 Å². The Labute approximate surface area is 105 Å². The first-order valence-electron chi connectivity index (χ1n) is 5.44. The second-order valence-corrected chi connectivity index (χ2v) is 5.47. The molecule has 0 amide bonds. The van der Waals surface area contributed by atoms with Gasteiger partial charge in [0.05, 0.1) is 0 Å². The summed E-state index contributed by atoms with van der Waals surface area (Å²) < 4.78 is 0. The number of anilines is 2. The molecule has 2 aromatic heterocycles. The van der Waals surface area contributed by atoms with E-state index >= 15 is 0 Å². The highest BCUT2D eigenvalue weighted by Crippen LogP contribution is 2.27. The normalized spacial score (nSPS) is 11.4. The zero-order valence-corrected chi connectivity index (χ0v) is 10.8. The lowest BCUT2D eigenvalue weighted by Crippen LogP contribution is -2.27. The van der Waals surface area contributed by atoms with Gasteiger partial charge >= 0.3 is 0 Å². The average Bonchev–Trinajstić information content (AvgIpc) is 2.81. The number of nitrogen functional groups attached to an aromatic ring is 1. The van der Waals surface area contributed by atoms with Crippen molar-refractivity contribution in [1.29, 1.82) is 0 Å². The summed E-state index contributed by atoms with van der Waals surface area (Å²) in [4.78, 5) is 9.58. The Morgan fingerprint density at radius 1 is 1.41 bits per heavy atom. The summed E-state index contributed by atoms with van der Waals surface area (Å²) in [5, 5.41) is 5.31. The molecule has 0 fully saturated rings. The number of thiophene rings is 1. The highest BCUT2D eigenvalue weighted by Gasteiger charge is 2.21. The van der Waals surface area contributed by atoms with E-state index in [0.29, 0.717) is 11.8 Å². The molecule has 0 aliphatic carbocycles. The Bertz CT molecular complexity index is 479. The minimum Gasteiger partial charge on any atom is -0.384 e. The maximum Gasteiger partial charge on any atom is 0.224 e. The summed E-state index contributed by atoms with van der Waals surface area (Å²) in [7, 11) is 0. The van der Waals surface area contributed by atoms with Crippen molar-refractivity contribution in [2.75, 3.05) is 17.6 Å². The number of aromatic nitrogens is 2. The lowest BCUT2D eigenvalue weighted by molar-refractivity contribution is 0.567. The highest BCUT2D eigenvalue weighted by atomic mass is 32.1. The molecule has 17 heavy (non-hydrogen) atoms. The highest BCUT2D eigenvalue weighted by molar-refractivity contribution is 7.10. The smallest absolute Gasteiger partial charge is 0.224 e. The van der Waals surface area contributed by atoms with Crippen LogP contribution in [0.4, 0.5) is 11.8 Å². The summed E-state index contributed by atoms with van der Waals surface area (Å²) in [6.45, 7) is 5.16. The summed E-state index contributed by atoms with van der Waals surface area (Å²) >= 11 is 1.76. The third-order valence-electron chi connectivity index (χ3n) is 2.55. The molecule has 4 nitrogen and oxygen atoms in total. The van der Waals surface area contributed by atoms with Gasteiger partial charge in [0.2, 0.25) is 5.95 Å². The molecule has 0 aliphatic rings. The van der Waals surface area contributed by atoms with Crippen LogP contribution in [0.3, 0.4) is 0 Å². The van der Waals surface area contributed by atoms with Crippen molar-refractivity contribution in [1.82, 2.24) is 9.97 Å². The Hall–Kier alpha value is -1.62. The van der Waals surface area contributed by atoms with Crippen LogP contribution in [0.25, 0.3) is 0 Å². The van der Waals surface area contributed by atoms with Crippen molar-refractivity contribution < 1.29 is 0 Å². The van der Waals surface area contributed by atoms with Crippen molar-refractivity contribution in [3.05, 3.63) is 34.7 Å². The topological polar surface area (TPSA) is 63.8 Å². The van der Waals surface area contributed by atoms with E-state index in [0.717, 1.165) is 6.54 Å². The Morgan fingerprint density at radius 2 is 2.24 bits per heavy atom. The summed E-state index contributed by atoms with van der Waals surface area (Å²) in [5.74, 6) is 1.06. The molecule has 0 saturated heterocycles. The van der Waals surface area contributed by atoms with E-state index in [1.165, 1.54) is 4.88 Å². The van der Waals surface area contributed by atoms with Crippen molar-refractivity contribution in [3.8, 4) is 0 Å². The third kappa shape index (κ3) is 2.94. The van der Waals surface area contributed by atoms with E-state index in [4.69, 9.17) is 5.73 Å². The van der Waals surface area contributed by atoms with E-state index in [9.17, 15) is 0 Å². The third-order valence-corrected chi connectivity index (χ3v) is 3.79. The van der Waals surface area contributed by atoms with Gasteiger partial charge in [-0.2, -0.15) is 4.98 Å². The molecule has 2 heterocycles. The van der Waals surface area contributed by atoms with Crippen LogP contribution < -0.4 is 11.1 Å². The molecule has 2 rings (SSSR count). The molecule has 0 aliphatic heterocycles. The quantitative estimate of drug-likeness (QED) is 0.872.